The minimum Gasteiger partial charge on any atom is -0.477 e. The third-order valence-corrected chi connectivity index (χ3v) is 7.44. The smallest absolute Gasteiger partial charge is 0.353 e. The first kappa shape index (κ1) is 17.4. The molecule has 2 aliphatic rings. The lowest BCUT2D eigenvalue weighted by Crippen LogP contribution is -2.68. The molecular formula is C14H11IN4O3S2. The predicted octanol–water partition coefficient (Wildman–Crippen LogP) is 1.81. The van der Waals surface area contributed by atoms with E-state index < -0.39 is 12.0 Å². The molecule has 7 nitrogen and oxygen atoms in total. The Balaban J connectivity index is 1.92. The average Bonchev–Trinajstić information content (AvgIpc) is 2.56. The predicted molar refractivity (Wildman–Crippen MR) is 100.0 cm³/mol. The molecule has 0 saturated carbocycles. The molecule has 0 radical (unpaired) electrons. The number of carbonyl (C=O) groups is 2. The van der Waals surface area contributed by atoms with Gasteiger partial charge >= 0.3 is 5.97 Å². The summed E-state index contributed by atoms with van der Waals surface area (Å²) in [6.45, 7) is 0. The maximum Gasteiger partial charge on any atom is 0.353 e. The maximum absolute atomic E-state index is 11.9. The van der Waals surface area contributed by atoms with Crippen LogP contribution in [0.25, 0.3) is 0 Å². The summed E-state index contributed by atoms with van der Waals surface area (Å²) in [4.78, 5) is 26.3. The van der Waals surface area contributed by atoms with Crippen LogP contribution in [0, 0.1) is 15.0 Å². The number of nitrogens with zero attached hydrogens (tertiary/aromatic N) is 2. The van der Waals surface area contributed by atoms with Gasteiger partial charge in [0.2, 0.25) is 5.91 Å². The molecule has 0 spiro atoms. The number of nitriles is 1. The number of carboxylic acid groups (broad SMARTS) is 1. The van der Waals surface area contributed by atoms with Crippen LogP contribution in [0.15, 0.2) is 33.7 Å². The molecular weight excluding hydrogens is 463 g/mol. The summed E-state index contributed by atoms with van der Waals surface area (Å²) >= 11 is 4.92. The van der Waals surface area contributed by atoms with Crippen molar-refractivity contribution >= 4 is 63.7 Å². The van der Waals surface area contributed by atoms with Gasteiger partial charge in [-0.15, -0.1) is 11.8 Å². The zero-order valence-corrected chi connectivity index (χ0v) is 15.8. The average molecular weight is 474 g/mol. The number of hydrogen-bond donors (Lipinski definition) is 3. The van der Waals surface area contributed by atoms with Gasteiger partial charge < -0.3 is 10.8 Å². The number of nitrogens with two attached hydrogens (primary N) is 1. The van der Waals surface area contributed by atoms with Crippen molar-refractivity contribution in [1.82, 2.24) is 4.90 Å². The van der Waals surface area contributed by atoms with Crippen LogP contribution in [0.3, 0.4) is 0 Å². The van der Waals surface area contributed by atoms with E-state index in [0.717, 1.165) is 8.47 Å². The number of carboxylic acids is 1. The third-order valence-electron chi connectivity index (χ3n) is 3.54. The molecule has 2 atom stereocenters. The summed E-state index contributed by atoms with van der Waals surface area (Å²) in [6.07, 6.45) is 1.85. The Morgan fingerprint density at radius 3 is 2.96 bits per heavy atom. The topological polar surface area (TPSA) is 119 Å². The fourth-order valence-corrected chi connectivity index (χ4v) is 5.69. The fourth-order valence-electron chi connectivity index (χ4n) is 2.42. The number of β-lactam (4-membered cyclic amide) rings is 1. The maximum atomic E-state index is 11.9. The van der Waals surface area contributed by atoms with Crippen LogP contribution in [-0.2, 0) is 9.59 Å². The molecule has 2 aliphatic heterocycles. The van der Waals surface area contributed by atoms with Crippen molar-refractivity contribution in [3.63, 3.8) is 0 Å². The first-order valence-electron chi connectivity index (χ1n) is 6.73. The van der Waals surface area contributed by atoms with Gasteiger partial charge in [-0.3, -0.25) is 15.0 Å². The number of carbonyl (C=O) groups excluding carboxylic acids is 1. The van der Waals surface area contributed by atoms with Crippen LogP contribution < -0.4 is 11.1 Å². The molecule has 10 heteroatoms. The van der Waals surface area contributed by atoms with Crippen molar-refractivity contribution in [1.29, 1.82) is 5.26 Å². The second-order valence-electron chi connectivity index (χ2n) is 5.00. The third kappa shape index (κ3) is 2.97. The lowest BCUT2D eigenvalue weighted by molar-refractivity contribution is -0.147. The Labute approximate surface area is 159 Å². The number of amides is 1. The highest BCUT2D eigenvalue weighted by Crippen LogP contribution is 2.45. The number of hydrogen-bond acceptors (Lipinski definition) is 7. The van der Waals surface area contributed by atoms with Crippen molar-refractivity contribution in [2.24, 2.45) is 5.73 Å². The number of aliphatic carboxylic acids is 1. The normalized spacial score (nSPS) is 22.5. The largest absolute Gasteiger partial charge is 0.477 e. The van der Waals surface area contributed by atoms with Crippen LogP contribution in [0.4, 0.5) is 5.69 Å². The number of nitrogens with one attached hydrogen (secondary N) is 1. The first-order valence-corrected chi connectivity index (χ1v) is 9.67. The summed E-state index contributed by atoms with van der Waals surface area (Å²) in [5.41, 5.74) is 6.42. The number of thioether (sulfide) groups is 2. The molecule has 2 heterocycles. The molecule has 0 aromatic heterocycles. The lowest BCUT2D eigenvalue weighted by Gasteiger charge is -2.47. The van der Waals surface area contributed by atoms with E-state index in [-0.39, 0.29) is 17.0 Å². The van der Waals surface area contributed by atoms with Gasteiger partial charge in [0.05, 0.1) is 0 Å². The number of rotatable bonds is 4. The quantitative estimate of drug-likeness (QED) is 0.262. The number of anilines is 1. The summed E-state index contributed by atoms with van der Waals surface area (Å²) in [6, 6.07) is 4.74. The highest BCUT2D eigenvalue weighted by Gasteiger charge is 2.51. The molecule has 1 aromatic carbocycles. The van der Waals surface area contributed by atoms with E-state index in [9.17, 15) is 14.7 Å². The Hall–Kier alpha value is -1.42. The molecule has 1 aromatic rings. The Bertz CT molecular complexity index is 808. The standard InChI is InChI=1S/C14H11IN4O3S2/c15-7-3-6(18-5-16)1-2-8(7)24-9-4-23-13-10(17)12(20)19(13)11(9)14(21)22/h1-3,10,13,18H,4,17H2,(H,21,22)/t10-,13+/m1/s1. The van der Waals surface area contributed by atoms with Gasteiger partial charge in [-0.05, 0) is 40.8 Å². The molecule has 1 amide bonds. The molecule has 24 heavy (non-hydrogen) atoms. The van der Waals surface area contributed by atoms with E-state index in [0.29, 0.717) is 16.3 Å². The molecule has 124 valence electrons. The second kappa shape index (κ2) is 6.83. The minimum absolute atomic E-state index is 0.0190. The highest BCUT2D eigenvalue weighted by atomic mass is 127. The van der Waals surface area contributed by atoms with Gasteiger partial charge in [-0.25, -0.2) is 4.79 Å². The van der Waals surface area contributed by atoms with Crippen LogP contribution >= 0.6 is 46.1 Å². The Morgan fingerprint density at radius 2 is 2.33 bits per heavy atom. The Kier molecular flexibility index (Phi) is 4.95. The highest BCUT2D eigenvalue weighted by molar-refractivity contribution is 14.1. The molecule has 0 unspecified atom stereocenters. The SMILES string of the molecule is N#CNc1ccc(SC2=C(C(=O)O)N3C(=O)[C@@H](N)[C@@H]3SC2)c(I)c1. The molecule has 0 aliphatic carbocycles. The number of fused-ring (bicyclic) bond motifs is 1. The van der Waals surface area contributed by atoms with Crippen molar-refractivity contribution in [2.45, 2.75) is 16.3 Å². The van der Waals surface area contributed by atoms with Crippen molar-refractivity contribution in [3.05, 3.63) is 32.4 Å². The van der Waals surface area contributed by atoms with Crippen LogP contribution in [0.2, 0.25) is 0 Å². The van der Waals surface area contributed by atoms with Gasteiger partial charge in [0.25, 0.3) is 0 Å². The number of benzene rings is 1. The molecule has 3 rings (SSSR count). The molecule has 1 saturated heterocycles. The zero-order valence-electron chi connectivity index (χ0n) is 12.0. The summed E-state index contributed by atoms with van der Waals surface area (Å²) in [5, 5.41) is 20.4. The monoisotopic (exact) mass is 474 g/mol. The summed E-state index contributed by atoms with van der Waals surface area (Å²) < 4.78 is 0.883. The van der Waals surface area contributed by atoms with Crippen molar-refractivity contribution < 1.29 is 14.7 Å². The van der Waals surface area contributed by atoms with E-state index in [1.807, 2.05) is 12.3 Å². The second-order valence-corrected chi connectivity index (χ2v) is 8.40. The van der Waals surface area contributed by atoms with Gasteiger partial charge in [-0.2, -0.15) is 5.26 Å². The first-order chi connectivity index (χ1) is 11.4. The van der Waals surface area contributed by atoms with E-state index in [2.05, 4.69) is 27.9 Å². The molecule has 4 N–H and O–H groups in total. The van der Waals surface area contributed by atoms with Gasteiger partial charge in [0, 0.05) is 24.8 Å². The van der Waals surface area contributed by atoms with E-state index in [1.165, 1.54) is 28.4 Å². The van der Waals surface area contributed by atoms with E-state index in [4.69, 9.17) is 11.0 Å². The van der Waals surface area contributed by atoms with E-state index in [1.54, 1.807) is 12.1 Å². The van der Waals surface area contributed by atoms with Crippen LogP contribution in [0.1, 0.15) is 0 Å². The number of halogens is 1. The molecule has 0 bridgehead atoms. The van der Waals surface area contributed by atoms with Crippen molar-refractivity contribution in [3.8, 4) is 6.19 Å². The fraction of sp³-hybridized carbons (Fsp3) is 0.214. The van der Waals surface area contributed by atoms with Gasteiger partial charge in [0.1, 0.15) is 17.1 Å². The van der Waals surface area contributed by atoms with Crippen LogP contribution in [-0.4, -0.2) is 39.1 Å². The van der Waals surface area contributed by atoms with Crippen molar-refractivity contribution in [2.75, 3.05) is 11.1 Å². The molecule has 1 fully saturated rings. The van der Waals surface area contributed by atoms with Gasteiger partial charge in [0.15, 0.2) is 6.19 Å². The Morgan fingerprint density at radius 1 is 1.58 bits per heavy atom. The lowest BCUT2D eigenvalue weighted by atomic mass is 10.1. The van der Waals surface area contributed by atoms with E-state index >= 15 is 0 Å². The van der Waals surface area contributed by atoms with Crippen LogP contribution in [0.5, 0.6) is 0 Å². The van der Waals surface area contributed by atoms with Gasteiger partial charge in [-0.1, -0.05) is 11.8 Å². The minimum atomic E-state index is -1.12. The summed E-state index contributed by atoms with van der Waals surface area (Å²) in [5.74, 6) is -0.991. The summed E-state index contributed by atoms with van der Waals surface area (Å²) in [7, 11) is 0. The zero-order chi connectivity index (χ0) is 17.4.